The lowest BCUT2D eigenvalue weighted by Gasteiger charge is -2.39. The third-order valence-corrected chi connectivity index (χ3v) is 4.64. The molecule has 1 heterocycles. The van der Waals surface area contributed by atoms with Gasteiger partial charge in [0.25, 0.3) is 0 Å². The van der Waals surface area contributed by atoms with E-state index in [0.717, 1.165) is 0 Å². The molecule has 5 atom stereocenters. The lowest BCUT2D eigenvalue weighted by Crippen LogP contribution is -2.60. The molecule has 0 aromatic heterocycles. The fourth-order valence-corrected chi connectivity index (χ4v) is 3.54. The lowest BCUT2D eigenvalue weighted by molar-refractivity contribution is -0.207. The number of hydrogen-bond donors (Lipinski definition) is 4. The second kappa shape index (κ2) is 5.64. The molecule has 0 saturated carbocycles. The summed E-state index contributed by atoms with van der Waals surface area (Å²) in [6.45, 7) is 4.29. The van der Waals surface area contributed by atoms with Crippen LogP contribution in [0.5, 0.6) is 0 Å². The Hall–Kier alpha value is -0.510. The molecular weight excluding hydrogens is 264 g/mol. The highest BCUT2D eigenvalue weighted by atomic mass is 32.2. The van der Waals surface area contributed by atoms with Gasteiger partial charge in [-0.2, -0.15) is 0 Å². The second-order valence-corrected chi connectivity index (χ2v) is 6.54. The summed E-state index contributed by atoms with van der Waals surface area (Å²) in [5.74, 6) is -0.407. The highest BCUT2D eigenvalue weighted by molar-refractivity contribution is 7.92. The van der Waals surface area contributed by atoms with Crippen molar-refractivity contribution in [2.45, 2.75) is 36.8 Å². The summed E-state index contributed by atoms with van der Waals surface area (Å²) in [7, 11) is -3.89. The van der Waals surface area contributed by atoms with Gasteiger partial charge in [0.2, 0.25) is 0 Å². The van der Waals surface area contributed by atoms with Gasteiger partial charge in [0.15, 0.2) is 15.3 Å². The molecule has 0 radical (unpaired) electrons. The molecule has 1 fully saturated rings. The third kappa shape index (κ3) is 3.08. The molecule has 7 nitrogen and oxygen atoms in total. The van der Waals surface area contributed by atoms with Crippen molar-refractivity contribution in [1.82, 2.24) is 0 Å². The Kier molecular flexibility index (Phi) is 4.87. The summed E-state index contributed by atoms with van der Waals surface area (Å²) in [5.41, 5.74) is -1.34. The fourth-order valence-electron chi connectivity index (χ4n) is 1.79. The third-order valence-electron chi connectivity index (χ3n) is 2.65. The maximum absolute atomic E-state index is 11.9. The summed E-state index contributed by atoms with van der Waals surface area (Å²) in [6.07, 6.45) is -6.26. The normalized spacial score (nSPS) is 37.5. The van der Waals surface area contributed by atoms with Crippen LogP contribution < -0.4 is 0 Å². The van der Waals surface area contributed by atoms with Crippen molar-refractivity contribution in [3.63, 3.8) is 0 Å². The number of hydrogen-bond acceptors (Lipinski definition) is 7. The van der Waals surface area contributed by atoms with Crippen LogP contribution in [-0.4, -0.2) is 71.1 Å². The van der Waals surface area contributed by atoms with E-state index < -0.39 is 52.0 Å². The van der Waals surface area contributed by atoms with Crippen molar-refractivity contribution >= 4 is 9.84 Å². The van der Waals surface area contributed by atoms with Crippen LogP contribution >= 0.6 is 0 Å². The van der Waals surface area contributed by atoms with Gasteiger partial charge in [-0.1, -0.05) is 12.2 Å². The van der Waals surface area contributed by atoms with Crippen molar-refractivity contribution in [2.24, 2.45) is 0 Å². The standard InChI is InChI=1S/C10H18O7S/c1-5(2)4-18(15,16)10-9(14)8(13)7(12)6(3-11)17-10/h6-14H,1,3-4H2,2H3/t6-,7-,8+,9-,10+/m1/s1. The topological polar surface area (TPSA) is 124 Å². The summed E-state index contributed by atoms with van der Waals surface area (Å²) in [6, 6.07) is 0. The van der Waals surface area contributed by atoms with Crippen LogP contribution in [0.3, 0.4) is 0 Å². The monoisotopic (exact) mass is 282 g/mol. The molecule has 1 saturated heterocycles. The van der Waals surface area contributed by atoms with Gasteiger partial charge < -0.3 is 25.2 Å². The van der Waals surface area contributed by atoms with Crippen LogP contribution in [0.2, 0.25) is 0 Å². The van der Waals surface area contributed by atoms with Crippen molar-refractivity contribution in [3.05, 3.63) is 12.2 Å². The zero-order valence-corrected chi connectivity index (χ0v) is 10.7. The first kappa shape index (κ1) is 15.5. The summed E-state index contributed by atoms with van der Waals surface area (Å²) < 4.78 is 28.8. The predicted octanol–water partition coefficient (Wildman–Crippen LogP) is -2.22. The molecule has 1 rings (SSSR count). The SMILES string of the molecule is C=C(C)CS(=O)(=O)[C@@H]1O[C@H](CO)[C@@H](O)[C@H](O)[C@H]1O. The molecule has 18 heavy (non-hydrogen) atoms. The zero-order chi connectivity index (χ0) is 14.1. The van der Waals surface area contributed by atoms with Gasteiger partial charge in [-0.05, 0) is 6.92 Å². The number of rotatable bonds is 4. The Morgan fingerprint density at radius 3 is 2.22 bits per heavy atom. The van der Waals surface area contributed by atoms with E-state index in [1.54, 1.807) is 0 Å². The summed E-state index contributed by atoms with van der Waals surface area (Å²) >= 11 is 0. The molecule has 0 aromatic rings. The molecular formula is C10H18O7S. The minimum atomic E-state index is -3.89. The average molecular weight is 282 g/mol. The number of aliphatic hydroxyl groups is 4. The highest BCUT2D eigenvalue weighted by Crippen LogP contribution is 2.25. The van der Waals surface area contributed by atoms with Gasteiger partial charge in [-0.25, -0.2) is 8.42 Å². The zero-order valence-electron chi connectivity index (χ0n) is 9.93. The van der Waals surface area contributed by atoms with E-state index >= 15 is 0 Å². The largest absolute Gasteiger partial charge is 0.394 e. The van der Waals surface area contributed by atoms with E-state index in [0.29, 0.717) is 5.57 Å². The summed E-state index contributed by atoms with van der Waals surface area (Å²) in [5, 5.41) is 37.6. The van der Waals surface area contributed by atoms with E-state index in [-0.39, 0.29) is 0 Å². The van der Waals surface area contributed by atoms with E-state index in [1.807, 2.05) is 0 Å². The molecule has 1 aliphatic heterocycles. The lowest BCUT2D eigenvalue weighted by atomic mass is 10.0. The van der Waals surface area contributed by atoms with Crippen LogP contribution in [0.25, 0.3) is 0 Å². The molecule has 8 heteroatoms. The Morgan fingerprint density at radius 2 is 1.78 bits per heavy atom. The molecule has 1 aliphatic rings. The quantitative estimate of drug-likeness (QED) is 0.430. The van der Waals surface area contributed by atoms with Gasteiger partial charge in [0.1, 0.15) is 24.4 Å². The minimum absolute atomic E-state index is 0.354. The fraction of sp³-hybridized carbons (Fsp3) is 0.800. The van der Waals surface area contributed by atoms with Crippen LogP contribution in [0.15, 0.2) is 12.2 Å². The first-order valence-electron chi connectivity index (χ1n) is 5.37. The molecule has 0 unspecified atom stereocenters. The van der Waals surface area contributed by atoms with Gasteiger partial charge in [0, 0.05) is 0 Å². The molecule has 0 bridgehead atoms. The van der Waals surface area contributed by atoms with Crippen LogP contribution in [-0.2, 0) is 14.6 Å². The molecule has 0 aliphatic carbocycles. The highest BCUT2D eigenvalue weighted by Gasteiger charge is 2.48. The number of aliphatic hydroxyl groups excluding tert-OH is 4. The van der Waals surface area contributed by atoms with Gasteiger partial charge in [-0.15, -0.1) is 0 Å². The number of sulfone groups is 1. The average Bonchev–Trinajstić information content (AvgIpc) is 2.24. The molecule has 0 aromatic carbocycles. The Bertz CT molecular complexity index is 402. The van der Waals surface area contributed by atoms with Crippen molar-refractivity contribution in [3.8, 4) is 0 Å². The van der Waals surface area contributed by atoms with Crippen molar-refractivity contribution in [1.29, 1.82) is 0 Å². The Morgan fingerprint density at radius 1 is 1.22 bits per heavy atom. The van der Waals surface area contributed by atoms with Gasteiger partial charge >= 0.3 is 0 Å². The van der Waals surface area contributed by atoms with Crippen LogP contribution in [0.1, 0.15) is 6.92 Å². The molecule has 0 amide bonds. The first-order valence-corrected chi connectivity index (χ1v) is 7.08. The summed E-state index contributed by atoms with van der Waals surface area (Å²) in [4.78, 5) is 0. The first-order chi connectivity index (χ1) is 8.20. The van der Waals surface area contributed by atoms with E-state index in [9.17, 15) is 23.7 Å². The maximum Gasteiger partial charge on any atom is 0.187 e. The second-order valence-electron chi connectivity index (χ2n) is 4.46. The number of ether oxygens (including phenoxy) is 1. The van der Waals surface area contributed by atoms with Crippen LogP contribution in [0, 0.1) is 0 Å². The van der Waals surface area contributed by atoms with Crippen molar-refractivity contribution in [2.75, 3.05) is 12.4 Å². The predicted molar refractivity (Wildman–Crippen MR) is 62.4 cm³/mol. The maximum atomic E-state index is 11.9. The van der Waals surface area contributed by atoms with Crippen LogP contribution in [0.4, 0.5) is 0 Å². The minimum Gasteiger partial charge on any atom is -0.394 e. The smallest absolute Gasteiger partial charge is 0.187 e. The molecule has 106 valence electrons. The van der Waals surface area contributed by atoms with Crippen molar-refractivity contribution < 1.29 is 33.6 Å². The molecule has 0 spiro atoms. The molecule has 4 N–H and O–H groups in total. The van der Waals surface area contributed by atoms with E-state index in [4.69, 9.17) is 9.84 Å². The van der Waals surface area contributed by atoms with E-state index in [2.05, 4.69) is 6.58 Å². The Balaban J connectivity index is 2.98. The Labute approximate surface area is 105 Å². The van der Waals surface area contributed by atoms with E-state index in [1.165, 1.54) is 6.92 Å². The van der Waals surface area contributed by atoms with Gasteiger partial charge in [0.05, 0.1) is 12.4 Å². The van der Waals surface area contributed by atoms with Gasteiger partial charge in [-0.3, -0.25) is 0 Å².